The molecule has 0 heterocycles. The van der Waals surface area contributed by atoms with Crippen LogP contribution in [0.4, 0.5) is 13.2 Å². The van der Waals surface area contributed by atoms with Gasteiger partial charge in [-0.3, -0.25) is 4.79 Å². The largest absolute Gasteiger partial charge is 0.471 e. The third-order valence-corrected chi connectivity index (χ3v) is 2.57. The normalized spacial score (nSPS) is 11.3. The molecule has 17 heavy (non-hydrogen) atoms. The van der Waals surface area contributed by atoms with E-state index >= 15 is 0 Å². The Morgan fingerprint density at radius 3 is 2.65 bits per heavy atom. The van der Waals surface area contributed by atoms with Crippen molar-refractivity contribution in [3.05, 3.63) is 34.3 Å². The molecule has 1 rings (SSSR count). The van der Waals surface area contributed by atoms with Crippen molar-refractivity contribution in [2.45, 2.75) is 19.0 Å². The second-order valence-corrected chi connectivity index (χ2v) is 4.40. The number of rotatable bonds is 4. The Morgan fingerprint density at radius 2 is 2.06 bits per heavy atom. The lowest BCUT2D eigenvalue weighted by molar-refractivity contribution is -0.173. The molecule has 1 amide bonds. The lowest BCUT2D eigenvalue weighted by atomic mass is 10.1. The molecule has 0 bridgehead atoms. The second kappa shape index (κ2) is 6.05. The summed E-state index contributed by atoms with van der Waals surface area (Å²) in [5.41, 5.74) is 1.01. The minimum atomic E-state index is -4.80. The van der Waals surface area contributed by atoms with E-state index < -0.39 is 12.1 Å². The molecule has 0 spiro atoms. The number of benzene rings is 1. The van der Waals surface area contributed by atoms with Gasteiger partial charge in [0, 0.05) is 11.0 Å². The molecule has 1 aromatic rings. The number of hydrogen-bond donors (Lipinski definition) is 1. The zero-order valence-electron chi connectivity index (χ0n) is 8.85. The van der Waals surface area contributed by atoms with E-state index in [0.29, 0.717) is 12.8 Å². The van der Waals surface area contributed by atoms with Gasteiger partial charge in [0.05, 0.1) is 0 Å². The van der Waals surface area contributed by atoms with Crippen LogP contribution in [0.5, 0.6) is 0 Å². The number of amides is 1. The van der Waals surface area contributed by atoms with E-state index in [-0.39, 0.29) is 6.54 Å². The van der Waals surface area contributed by atoms with Crippen LogP contribution in [-0.4, -0.2) is 18.6 Å². The quantitative estimate of drug-likeness (QED) is 0.851. The van der Waals surface area contributed by atoms with Crippen molar-refractivity contribution in [2.75, 3.05) is 6.54 Å². The number of nitrogens with one attached hydrogen (secondary N) is 1. The molecule has 94 valence electrons. The first-order chi connectivity index (χ1) is 7.89. The van der Waals surface area contributed by atoms with Gasteiger partial charge in [0.15, 0.2) is 0 Å². The zero-order chi connectivity index (χ0) is 12.9. The summed E-state index contributed by atoms with van der Waals surface area (Å²) in [7, 11) is 0. The molecule has 0 aliphatic heterocycles. The van der Waals surface area contributed by atoms with Crippen LogP contribution >= 0.6 is 15.9 Å². The van der Waals surface area contributed by atoms with Crippen molar-refractivity contribution in [3.63, 3.8) is 0 Å². The average molecular weight is 310 g/mol. The summed E-state index contributed by atoms with van der Waals surface area (Å²) < 4.78 is 36.4. The van der Waals surface area contributed by atoms with Crippen LogP contribution in [0.25, 0.3) is 0 Å². The van der Waals surface area contributed by atoms with E-state index in [0.717, 1.165) is 10.0 Å². The summed E-state index contributed by atoms with van der Waals surface area (Å²) in [6, 6.07) is 7.50. The highest BCUT2D eigenvalue weighted by Gasteiger charge is 2.38. The van der Waals surface area contributed by atoms with Gasteiger partial charge in [-0.2, -0.15) is 13.2 Å². The molecule has 6 heteroatoms. The summed E-state index contributed by atoms with van der Waals surface area (Å²) in [6.45, 7) is 0.0187. The van der Waals surface area contributed by atoms with E-state index in [9.17, 15) is 18.0 Å². The van der Waals surface area contributed by atoms with Crippen molar-refractivity contribution >= 4 is 21.8 Å². The van der Waals surface area contributed by atoms with Gasteiger partial charge in [0.2, 0.25) is 0 Å². The van der Waals surface area contributed by atoms with Gasteiger partial charge < -0.3 is 5.32 Å². The van der Waals surface area contributed by atoms with Crippen LogP contribution < -0.4 is 5.32 Å². The fourth-order valence-corrected chi connectivity index (χ4v) is 1.73. The molecule has 0 radical (unpaired) electrons. The SMILES string of the molecule is O=C(NCCCc1cccc(Br)c1)C(F)(F)F. The van der Waals surface area contributed by atoms with Gasteiger partial charge in [-0.05, 0) is 30.5 Å². The molecule has 1 N–H and O–H groups in total. The Hall–Kier alpha value is -1.04. The third-order valence-electron chi connectivity index (χ3n) is 2.07. The van der Waals surface area contributed by atoms with Gasteiger partial charge in [0.1, 0.15) is 0 Å². The molecule has 0 aliphatic rings. The van der Waals surface area contributed by atoms with E-state index in [2.05, 4.69) is 15.9 Å². The lowest BCUT2D eigenvalue weighted by Crippen LogP contribution is -2.37. The molecule has 0 saturated carbocycles. The molecule has 0 atom stereocenters. The standard InChI is InChI=1S/C11H11BrF3NO/c12-9-5-1-3-8(7-9)4-2-6-16-10(17)11(13,14)15/h1,3,5,7H,2,4,6H2,(H,16,17). The third kappa shape index (κ3) is 5.21. The van der Waals surface area contributed by atoms with E-state index in [1.165, 1.54) is 0 Å². The summed E-state index contributed by atoms with van der Waals surface area (Å²) in [5, 5.41) is 1.83. The van der Waals surface area contributed by atoms with E-state index in [4.69, 9.17) is 0 Å². The van der Waals surface area contributed by atoms with Crippen LogP contribution in [0, 0.1) is 0 Å². The Morgan fingerprint density at radius 1 is 1.35 bits per heavy atom. The summed E-state index contributed by atoms with van der Waals surface area (Å²) >= 11 is 3.30. The molecular formula is C11H11BrF3NO. The number of alkyl halides is 3. The Kier molecular flexibility index (Phi) is 4.99. The summed E-state index contributed by atoms with van der Waals surface area (Å²) in [5.74, 6) is -1.88. The van der Waals surface area contributed by atoms with Crippen molar-refractivity contribution in [2.24, 2.45) is 0 Å². The number of carbonyl (C=O) groups is 1. The van der Waals surface area contributed by atoms with E-state index in [1.54, 1.807) is 0 Å². The van der Waals surface area contributed by atoms with Crippen LogP contribution in [0.3, 0.4) is 0 Å². The highest BCUT2D eigenvalue weighted by atomic mass is 79.9. The topological polar surface area (TPSA) is 29.1 Å². The van der Waals surface area contributed by atoms with Crippen molar-refractivity contribution in [1.29, 1.82) is 0 Å². The maximum absolute atomic E-state index is 11.8. The van der Waals surface area contributed by atoms with Gasteiger partial charge in [0.25, 0.3) is 0 Å². The lowest BCUT2D eigenvalue weighted by Gasteiger charge is -2.07. The van der Waals surface area contributed by atoms with Crippen LogP contribution in [0.2, 0.25) is 0 Å². The maximum atomic E-state index is 11.8. The molecular weight excluding hydrogens is 299 g/mol. The first-order valence-corrected chi connectivity index (χ1v) is 5.78. The highest BCUT2D eigenvalue weighted by Crippen LogP contribution is 2.15. The molecule has 1 aromatic carbocycles. The molecule has 0 unspecified atom stereocenters. The first-order valence-electron chi connectivity index (χ1n) is 4.99. The summed E-state index contributed by atoms with van der Waals surface area (Å²) in [6.07, 6.45) is -3.70. The van der Waals surface area contributed by atoms with Crippen molar-refractivity contribution in [3.8, 4) is 0 Å². The molecule has 2 nitrogen and oxygen atoms in total. The number of aryl methyl sites for hydroxylation is 1. The number of halogens is 4. The minimum absolute atomic E-state index is 0.0187. The predicted octanol–water partition coefficient (Wildman–Crippen LogP) is 3.06. The second-order valence-electron chi connectivity index (χ2n) is 3.49. The molecule has 0 aromatic heterocycles. The Balaban J connectivity index is 2.28. The predicted molar refractivity (Wildman–Crippen MR) is 61.5 cm³/mol. The van der Waals surface area contributed by atoms with Crippen LogP contribution in [0.1, 0.15) is 12.0 Å². The average Bonchev–Trinajstić information content (AvgIpc) is 2.23. The first kappa shape index (κ1) is 14.0. The van der Waals surface area contributed by atoms with Crippen LogP contribution in [0.15, 0.2) is 28.7 Å². The minimum Gasteiger partial charge on any atom is -0.348 e. The van der Waals surface area contributed by atoms with Crippen LogP contribution in [-0.2, 0) is 11.2 Å². The van der Waals surface area contributed by atoms with Gasteiger partial charge in [-0.15, -0.1) is 0 Å². The Bertz CT molecular complexity index is 393. The molecule has 0 saturated heterocycles. The molecule has 0 aliphatic carbocycles. The van der Waals surface area contributed by atoms with E-state index in [1.807, 2.05) is 29.6 Å². The Labute approximate surface area is 105 Å². The van der Waals surface area contributed by atoms with Gasteiger partial charge in [-0.1, -0.05) is 28.1 Å². The monoisotopic (exact) mass is 309 g/mol. The highest BCUT2D eigenvalue weighted by molar-refractivity contribution is 9.10. The fourth-order valence-electron chi connectivity index (χ4n) is 1.29. The molecule has 0 fully saturated rings. The summed E-state index contributed by atoms with van der Waals surface area (Å²) in [4.78, 5) is 10.5. The van der Waals surface area contributed by atoms with Gasteiger partial charge in [-0.25, -0.2) is 0 Å². The smallest absolute Gasteiger partial charge is 0.348 e. The zero-order valence-corrected chi connectivity index (χ0v) is 10.4. The number of carbonyl (C=O) groups excluding carboxylic acids is 1. The van der Waals surface area contributed by atoms with Crippen molar-refractivity contribution in [1.82, 2.24) is 5.32 Å². The maximum Gasteiger partial charge on any atom is 0.471 e. The van der Waals surface area contributed by atoms with Crippen molar-refractivity contribution < 1.29 is 18.0 Å². The number of hydrogen-bond acceptors (Lipinski definition) is 1. The fraction of sp³-hybridized carbons (Fsp3) is 0.364. The van der Waals surface area contributed by atoms with Gasteiger partial charge >= 0.3 is 12.1 Å².